The molecule has 2 aromatic carbocycles. The van der Waals surface area contributed by atoms with E-state index < -0.39 is 12.2 Å². The molecule has 0 bridgehead atoms. The number of ether oxygens (including phenoxy) is 5. The predicted molar refractivity (Wildman–Crippen MR) is 119 cm³/mol. The first-order chi connectivity index (χ1) is 15.2. The molecule has 0 radical (unpaired) electrons. The summed E-state index contributed by atoms with van der Waals surface area (Å²) >= 11 is 1.51. The van der Waals surface area contributed by atoms with Crippen molar-refractivity contribution in [1.29, 1.82) is 0 Å². The van der Waals surface area contributed by atoms with Gasteiger partial charge in [-0.3, -0.25) is 4.99 Å². The Labute approximate surface area is 186 Å². The summed E-state index contributed by atoms with van der Waals surface area (Å²) in [4.78, 5) is 4.57. The fraction of sp³-hybridized carbons (Fsp3) is 0.435. The van der Waals surface area contributed by atoms with E-state index in [1.165, 1.54) is 11.8 Å². The molecule has 31 heavy (non-hydrogen) atoms. The Balaban J connectivity index is 1.47. The molecule has 4 rings (SSSR count). The Morgan fingerprint density at radius 3 is 1.94 bits per heavy atom. The summed E-state index contributed by atoms with van der Waals surface area (Å²) in [5.74, 6) is 1.59. The molecule has 166 valence electrons. The lowest BCUT2D eigenvalue weighted by atomic mass is 9.97. The second kappa shape index (κ2) is 10.5. The number of fused-ring (bicyclic) bond motifs is 1. The molecule has 0 aromatic heterocycles. The van der Waals surface area contributed by atoms with Crippen molar-refractivity contribution in [3.05, 3.63) is 59.7 Å². The molecule has 1 fully saturated rings. The first-order valence-electron chi connectivity index (χ1n) is 10.1. The summed E-state index contributed by atoms with van der Waals surface area (Å²) in [6, 6.07) is 15.3. The van der Waals surface area contributed by atoms with Gasteiger partial charge in [0.05, 0.1) is 39.6 Å². The maximum atomic E-state index is 9.97. The molecule has 0 unspecified atom stereocenters. The van der Waals surface area contributed by atoms with Crippen molar-refractivity contribution in [1.82, 2.24) is 0 Å². The number of nitrogens with zero attached hydrogens (tertiary/aromatic N) is 1. The van der Waals surface area contributed by atoms with E-state index in [2.05, 4.69) is 4.99 Å². The summed E-state index contributed by atoms with van der Waals surface area (Å²) in [5.41, 5.74) is 3.63. The molecule has 2 aromatic rings. The van der Waals surface area contributed by atoms with Crippen LogP contribution in [-0.4, -0.2) is 61.3 Å². The summed E-state index contributed by atoms with van der Waals surface area (Å²) in [7, 11) is 3.28. The molecule has 0 spiro atoms. The van der Waals surface area contributed by atoms with Gasteiger partial charge in [0.2, 0.25) is 0 Å². The van der Waals surface area contributed by atoms with Crippen LogP contribution in [0.2, 0.25) is 0 Å². The molecule has 0 saturated carbocycles. The molecule has 0 amide bonds. The number of rotatable bonds is 9. The third kappa shape index (κ3) is 5.22. The van der Waals surface area contributed by atoms with Gasteiger partial charge in [-0.2, -0.15) is 0 Å². The minimum atomic E-state index is -0.491. The SMILES string of the molecule is COc1ccc(CO[C@@H]2[C@H]3N=CS[C@H]3O[C@H](CO)[C@H]2OCc2ccc(OC)cc2)cc1. The topological polar surface area (TPSA) is 78.7 Å². The molecular weight excluding hydrogens is 418 g/mol. The van der Waals surface area contributed by atoms with Crippen LogP contribution in [0.4, 0.5) is 0 Å². The highest BCUT2D eigenvalue weighted by molar-refractivity contribution is 8.12. The van der Waals surface area contributed by atoms with Gasteiger partial charge in [0.1, 0.15) is 41.3 Å². The average Bonchev–Trinajstić information content (AvgIpc) is 3.30. The van der Waals surface area contributed by atoms with E-state index in [-0.39, 0.29) is 24.2 Å². The quantitative estimate of drug-likeness (QED) is 0.636. The van der Waals surface area contributed by atoms with E-state index in [1.54, 1.807) is 19.8 Å². The van der Waals surface area contributed by atoms with Gasteiger partial charge in [0, 0.05) is 0 Å². The summed E-state index contributed by atoms with van der Waals surface area (Å²) in [5, 5.41) is 9.97. The van der Waals surface area contributed by atoms with Crippen LogP contribution in [0.5, 0.6) is 11.5 Å². The van der Waals surface area contributed by atoms with E-state index in [0.29, 0.717) is 13.2 Å². The van der Waals surface area contributed by atoms with E-state index in [0.717, 1.165) is 22.6 Å². The van der Waals surface area contributed by atoms with Crippen molar-refractivity contribution < 1.29 is 28.8 Å². The first kappa shape index (κ1) is 22.1. The van der Waals surface area contributed by atoms with E-state index in [1.807, 2.05) is 48.5 Å². The predicted octanol–water partition coefficient (Wildman–Crippen LogP) is 3.04. The summed E-state index contributed by atoms with van der Waals surface area (Å²) < 4.78 is 29.0. The van der Waals surface area contributed by atoms with Crippen LogP contribution < -0.4 is 9.47 Å². The van der Waals surface area contributed by atoms with Crippen LogP contribution in [0.15, 0.2) is 53.5 Å². The number of benzene rings is 2. The highest BCUT2D eigenvalue weighted by Crippen LogP contribution is 2.37. The third-order valence-corrected chi connectivity index (χ3v) is 6.33. The Bertz CT molecular complexity index is 859. The Kier molecular flexibility index (Phi) is 7.47. The van der Waals surface area contributed by atoms with Crippen LogP contribution in [0, 0.1) is 0 Å². The number of aliphatic imine (C=N–C) groups is 1. The third-order valence-electron chi connectivity index (χ3n) is 5.43. The maximum Gasteiger partial charge on any atom is 0.134 e. The van der Waals surface area contributed by atoms with Crippen LogP contribution in [0.25, 0.3) is 0 Å². The van der Waals surface area contributed by atoms with Gasteiger partial charge < -0.3 is 28.8 Å². The molecule has 7 nitrogen and oxygen atoms in total. The average molecular weight is 446 g/mol. The largest absolute Gasteiger partial charge is 0.497 e. The summed E-state index contributed by atoms with van der Waals surface area (Å²) in [6.45, 7) is 0.614. The van der Waals surface area contributed by atoms with Crippen LogP contribution in [0.3, 0.4) is 0 Å². The fourth-order valence-electron chi connectivity index (χ4n) is 3.69. The van der Waals surface area contributed by atoms with Crippen LogP contribution in [-0.2, 0) is 27.4 Å². The van der Waals surface area contributed by atoms with Gasteiger partial charge in [-0.15, -0.1) is 0 Å². The van der Waals surface area contributed by atoms with Gasteiger partial charge in [-0.1, -0.05) is 36.0 Å². The lowest BCUT2D eigenvalue weighted by molar-refractivity contribution is -0.205. The highest BCUT2D eigenvalue weighted by Gasteiger charge is 2.48. The zero-order chi connectivity index (χ0) is 21.6. The monoisotopic (exact) mass is 445 g/mol. The standard InChI is InChI=1S/C23H27NO6S/c1-26-17-7-3-15(4-8-17)12-28-21-19(11-25)30-23-20(24-14-31-23)22(21)29-13-16-5-9-18(27-2)10-6-16/h3-10,14,19-23,25H,11-13H2,1-2H3/t19-,20-,21-,22-,23-/m1/s1. The van der Waals surface area contributed by atoms with E-state index >= 15 is 0 Å². The highest BCUT2D eigenvalue weighted by atomic mass is 32.2. The van der Waals surface area contributed by atoms with Gasteiger partial charge in [-0.05, 0) is 35.4 Å². The number of hydrogen-bond donors (Lipinski definition) is 1. The first-order valence-corrected chi connectivity index (χ1v) is 11.1. The molecule has 2 aliphatic rings. The Morgan fingerprint density at radius 1 is 0.871 bits per heavy atom. The van der Waals surface area contributed by atoms with Crippen molar-refractivity contribution in [3.8, 4) is 11.5 Å². The molecule has 8 heteroatoms. The minimum absolute atomic E-state index is 0.153. The Hall–Kier alpha value is -2.10. The number of thioether (sulfide) groups is 1. The number of aliphatic hydroxyl groups is 1. The number of hydrogen-bond acceptors (Lipinski definition) is 8. The molecule has 2 aliphatic heterocycles. The van der Waals surface area contributed by atoms with Gasteiger partial charge in [0.25, 0.3) is 0 Å². The van der Waals surface area contributed by atoms with Crippen molar-refractivity contribution in [2.75, 3.05) is 20.8 Å². The lowest BCUT2D eigenvalue weighted by Gasteiger charge is -2.42. The molecule has 1 N–H and O–H groups in total. The van der Waals surface area contributed by atoms with Gasteiger partial charge >= 0.3 is 0 Å². The maximum absolute atomic E-state index is 9.97. The second-order valence-electron chi connectivity index (χ2n) is 7.35. The van der Waals surface area contributed by atoms with Crippen molar-refractivity contribution >= 4 is 17.3 Å². The van der Waals surface area contributed by atoms with Gasteiger partial charge in [0.15, 0.2) is 0 Å². The normalized spacial score (nSPS) is 27.1. The Morgan fingerprint density at radius 2 is 1.42 bits per heavy atom. The fourth-order valence-corrected chi connectivity index (χ4v) is 4.62. The molecule has 0 aliphatic carbocycles. The molecule has 5 atom stereocenters. The lowest BCUT2D eigenvalue weighted by Crippen LogP contribution is -2.57. The zero-order valence-corrected chi connectivity index (χ0v) is 18.4. The van der Waals surface area contributed by atoms with E-state index in [4.69, 9.17) is 23.7 Å². The van der Waals surface area contributed by atoms with Crippen LogP contribution in [0.1, 0.15) is 11.1 Å². The van der Waals surface area contributed by atoms with Gasteiger partial charge in [-0.25, -0.2) is 0 Å². The minimum Gasteiger partial charge on any atom is -0.497 e. The number of methoxy groups -OCH3 is 2. The van der Waals surface area contributed by atoms with Crippen LogP contribution >= 0.6 is 11.8 Å². The summed E-state index contributed by atoms with van der Waals surface area (Å²) in [6.07, 6.45) is -1.29. The van der Waals surface area contributed by atoms with Crippen molar-refractivity contribution in [2.45, 2.75) is 43.0 Å². The molecule has 1 saturated heterocycles. The van der Waals surface area contributed by atoms with Crippen molar-refractivity contribution in [3.63, 3.8) is 0 Å². The molecule has 2 heterocycles. The number of aliphatic hydroxyl groups excluding tert-OH is 1. The zero-order valence-electron chi connectivity index (χ0n) is 17.5. The molecular formula is C23H27NO6S. The second-order valence-corrected chi connectivity index (χ2v) is 8.30. The van der Waals surface area contributed by atoms with E-state index in [9.17, 15) is 5.11 Å². The van der Waals surface area contributed by atoms with Crippen molar-refractivity contribution in [2.24, 2.45) is 4.99 Å². The smallest absolute Gasteiger partial charge is 0.134 e.